The van der Waals surface area contributed by atoms with Crippen molar-refractivity contribution in [3.05, 3.63) is 35.4 Å². The minimum Gasteiger partial charge on any atom is -0.303 e. The smallest absolute Gasteiger partial charge is 0.127 e. The number of aryl methyl sites for hydroxylation is 1. The first-order chi connectivity index (χ1) is 7.35. The summed E-state index contributed by atoms with van der Waals surface area (Å²) in [4.78, 5) is 11.0. The maximum atomic E-state index is 11.0. The molecule has 1 atom stereocenters. The van der Waals surface area contributed by atoms with Crippen LogP contribution in [-0.4, -0.2) is 6.29 Å². The highest BCUT2D eigenvalue weighted by Crippen LogP contribution is 2.41. The molecule has 0 aromatic heterocycles. The van der Waals surface area contributed by atoms with Crippen LogP contribution >= 0.6 is 0 Å². The third-order valence-electron chi connectivity index (χ3n) is 3.18. The molecule has 1 saturated carbocycles. The van der Waals surface area contributed by atoms with Crippen molar-refractivity contribution in [1.29, 1.82) is 0 Å². The van der Waals surface area contributed by atoms with Crippen molar-refractivity contribution < 1.29 is 4.79 Å². The van der Waals surface area contributed by atoms with Crippen molar-refractivity contribution in [3.63, 3.8) is 0 Å². The molecule has 1 aromatic rings. The van der Waals surface area contributed by atoms with E-state index in [1.54, 1.807) is 0 Å². The molecule has 1 unspecified atom stereocenters. The van der Waals surface area contributed by atoms with E-state index in [4.69, 9.17) is 0 Å². The Kier molecular flexibility index (Phi) is 3.20. The van der Waals surface area contributed by atoms with Gasteiger partial charge in [-0.3, -0.25) is 0 Å². The molecule has 0 bridgehead atoms. The van der Waals surface area contributed by atoms with Crippen molar-refractivity contribution in [1.82, 2.24) is 0 Å². The van der Waals surface area contributed by atoms with Crippen molar-refractivity contribution >= 4 is 6.29 Å². The van der Waals surface area contributed by atoms with Gasteiger partial charge in [0.05, 0.1) is 0 Å². The van der Waals surface area contributed by atoms with E-state index in [0.29, 0.717) is 5.92 Å². The van der Waals surface area contributed by atoms with Crippen LogP contribution < -0.4 is 0 Å². The molecule has 0 spiro atoms. The molecule has 0 saturated heterocycles. The molecule has 1 aliphatic rings. The van der Waals surface area contributed by atoms with E-state index in [1.165, 1.54) is 30.4 Å². The Morgan fingerprint density at radius 1 is 1.33 bits per heavy atom. The Labute approximate surface area is 91.5 Å². The molecule has 1 heteroatoms. The van der Waals surface area contributed by atoms with Crippen molar-refractivity contribution in [3.8, 4) is 0 Å². The molecule has 1 aromatic carbocycles. The van der Waals surface area contributed by atoms with Gasteiger partial charge in [0, 0.05) is 5.92 Å². The van der Waals surface area contributed by atoms with E-state index in [1.807, 2.05) is 0 Å². The predicted molar refractivity (Wildman–Crippen MR) is 62.0 cm³/mol. The van der Waals surface area contributed by atoms with Gasteiger partial charge in [-0.2, -0.15) is 0 Å². The van der Waals surface area contributed by atoms with E-state index in [0.717, 1.165) is 12.7 Å². The summed E-state index contributed by atoms with van der Waals surface area (Å²) in [5.74, 6) is 0.778. The first-order valence-electron chi connectivity index (χ1n) is 5.89. The van der Waals surface area contributed by atoms with Gasteiger partial charge in [-0.1, -0.05) is 37.6 Å². The predicted octanol–water partition coefficient (Wildman–Crippen LogP) is 3.33. The number of carbonyl (C=O) groups excluding carboxylic acids is 1. The lowest BCUT2D eigenvalue weighted by Crippen LogP contribution is -2.02. The fraction of sp³-hybridized carbons (Fsp3) is 0.500. The third kappa shape index (κ3) is 2.47. The Morgan fingerprint density at radius 2 is 2.00 bits per heavy atom. The summed E-state index contributed by atoms with van der Waals surface area (Å²) in [5.41, 5.74) is 2.58. The maximum Gasteiger partial charge on any atom is 0.127 e. The molecule has 0 radical (unpaired) electrons. The van der Waals surface area contributed by atoms with Crippen molar-refractivity contribution in [2.24, 2.45) is 5.92 Å². The number of aldehydes is 1. The lowest BCUT2D eigenvalue weighted by Gasteiger charge is -2.09. The van der Waals surface area contributed by atoms with Gasteiger partial charge in [-0.05, 0) is 36.3 Å². The van der Waals surface area contributed by atoms with Gasteiger partial charge in [-0.25, -0.2) is 0 Å². The minimum atomic E-state index is 0.153. The second-order valence-electron chi connectivity index (χ2n) is 4.49. The van der Waals surface area contributed by atoms with Crippen LogP contribution in [0.1, 0.15) is 43.2 Å². The molecule has 0 heterocycles. The van der Waals surface area contributed by atoms with Gasteiger partial charge < -0.3 is 4.79 Å². The normalized spacial score (nSPS) is 17.4. The van der Waals surface area contributed by atoms with Crippen LogP contribution in [-0.2, 0) is 11.2 Å². The van der Waals surface area contributed by atoms with Crippen LogP contribution in [0, 0.1) is 5.92 Å². The lowest BCUT2D eigenvalue weighted by atomic mass is 9.94. The van der Waals surface area contributed by atoms with E-state index in [-0.39, 0.29) is 5.92 Å². The minimum absolute atomic E-state index is 0.153. The summed E-state index contributed by atoms with van der Waals surface area (Å²) in [6.07, 6.45) is 5.88. The van der Waals surface area contributed by atoms with Gasteiger partial charge in [-0.15, -0.1) is 0 Å². The third-order valence-corrected chi connectivity index (χ3v) is 3.18. The summed E-state index contributed by atoms with van der Waals surface area (Å²) in [6.45, 7) is 2.19. The van der Waals surface area contributed by atoms with E-state index in [9.17, 15) is 4.79 Å². The second kappa shape index (κ2) is 4.61. The zero-order chi connectivity index (χ0) is 10.7. The summed E-state index contributed by atoms with van der Waals surface area (Å²) < 4.78 is 0. The topological polar surface area (TPSA) is 17.1 Å². The molecule has 0 aliphatic heterocycles. The van der Waals surface area contributed by atoms with Crippen molar-refractivity contribution in [2.75, 3.05) is 0 Å². The second-order valence-corrected chi connectivity index (χ2v) is 4.49. The van der Waals surface area contributed by atoms with Gasteiger partial charge in [0.1, 0.15) is 6.29 Å². The summed E-state index contributed by atoms with van der Waals surface area (Å²) in [7, 11) is 0. The zero-order valence-corrected chi connectivity index (χ0v) is 9.28. The summed E-state index contributed by atoms with van der Waals surface area (Å²) in [5, 5.41) is 0. The highest BCUT2D eigenvalue weighted by atomic mass is 16.1. The van der Waals surface area contributed by atoms with Crippen molar-refractivity contribution in [2.45, 2.75) is 38.5 Å². The molecule has 80 valence electrons. The molecule has 15 heavy (non-hydrogen) atoms. The SMILES string of the molecule is CCCc1ccc(C(C=O)C2CC2)cc1. The molecular weight excluding hydrogens is 184 g/mol. The summed E-state index contributed by atoms with van der Waals surface area (Å²) in [6, 6.07) is 8.58. The fourth-order valence-electron chi connectivity index (χ4n) is 2.11. The van der Waals surface area contributed by atoms with Crippen LogP contribution in [0.4, 0.5) is 0 Å². The number of hydrogen-bond donors (Lipinski definition) is 0. The molecular formula is C14H18O. The lowest BCUT2D eigenvalue weighted by molar-refractivity contribution is -0.109. The number of hydrogen-bond acceptors (Lipinski definition) is 1. The van der Waals surface area contributed by atoms with Gasteiger partial charge in [0.15, 0.2) is 0 Å². The Morgan fingerprint density at radius 3 is 2.47 bits per heavy atom. The Bertz CT molecular complexity index is 322. The largest absolute Gasteiger partial charge is 0.303 e. The van der Waals surface area contributed by atoms with Crippen LogP contribution in [0.2, 0.25) is 0 Å². The zero-order valence-electron chi connectivity index (χ0n) is 9.28. The van der Waals surface area contributed by atoms with E-state index in [2.05, 4.69) is 31.2 Å². The maximum absolute atomic E-state index is 11.0. The first-order valence-corrected chi connectivity index (χ1v) is 5.89. The Balaban J connectivity index is 2.10. The van der Waals surface area contributed by atoms with E-state index >= 15 is 0 Å². The van der Waals surface area contributed by atoms with Crippen LogP contribution in [0.15, 0.2) is 24.3 Å². The standard InChI is InChI=1S/C14H18O/c1-2-3-11-4-6-12(7-5-11)14(10-15)13-8-9-13/h4-7,10,13-14H,2-3,8-9H2,1H3. The van der Waals surface area contributed by atoms with E-state index < -0.39 is 0 Å². The number of carbonyl (C=O) groups is 1. The van der Waals surface area contributed by atoms with Crippen LogP contribution in [0.25, 0.3) is 0 Å². The highest BCUT2D eigenvalue weighted by Gasteiger charge is 2.31. The van der Waals surface area contributed by atoms with Gasteiger partial charge in [0.2, 0.25) is 0 Å². The Hall–Kier alpha value is -1.11. The summed E-state index contributed by atoms with van der Waals surface area (Å²) >= 11 is 0. The molecule has 1 nitrogen and oxygen atoms in total. The fourth-order valence-corrected chi connectivity index (χ4v) is 2.11. The quantitative estimate of drug-likeness (QED) is 0.669. The van der Waals surface area contributed by atoms with Gasteiger partial charge in [0.25, 0.3) is 0 Å². The van der Waals surface area contributed by atoms with Crippen LogP contribution in [0.3, 0.4) is 0 Å². The molecule has 1 aliphatic carbocycles. The van der Waals surface area contributed by atoms with Gasteiger partial charge >= 0.3 is 0 Å². The molecule has 0 amide bonds. The molecule has 2 rings (SSSR count). The average molecular weight is 202 g/mol. The average Bonchev–Trinajstić information content (AvgIpc) is 3.06. The highest BCUT2D eigenvalue weighted by molar-refractivity contribution is 5.63. The number of benzene rings is 1. The molecule has 0 N–H and O–H groups in total. The van der Waals surface area contributed by atoms with Crippen LogP contribution in [0.5, 0.6) is 0 Å². The first kappa shape index (κ1) is 10.4. The molecule has 1 fully saturated rings. The number of rotatable bonds is 5. The monoisotopic (exact) mass is 202 g/mol.